The predicted molar refractivity (Wildman–Crippen MR) is 294 cm³/mol. The van der Waals surface area contributed by atoms with E-state index in [4.69, 9.17) is 9.98 Å². The summed E-state index contributed by atoms with van der Waals surface area (Å²) < 4.78 is 2.59. The third-order valence-corrected chi connectivity index (χ3v) is 16.2. The van der Waals surface area contributed by atoms with E-state index in [1.165, 1.54) is 115 Å². The summed E-state index contributed by atoms with van der Waals surface area (Å²) in [6.45, 7) is 3.04. The maximum absolute atomic E-state index is 5.59. The molecule has 330 valence electrons. The number of hydrogen-bond acceptors (Lipinski definition) is 3. The number of allylic oxidation sites excluding steroid dienone is 1. The van der Waals surface area contributed by atoms with Gasteiger partial charge in [0.25, 0.3) is 0 Å². The lowest BCUT2D eigenvalue weighted by atomic mass is 9.76. The monoisotopic (exact) mass is 902 g/mol. The Bertz CT molecular complexity index is 3730. The summed E-state index contributed by atoms with van der Waals surface area (Å²) in [6, 6.07) is 76.6. The van der Waals surface area contributed by atoms with Gasteiger partial charge >= 0.3 is 0 Å². The molecule has 0 saturated heterocycles. The standard InChI is InChI=1S/C66H50N2S/c1-2-42-40-60(46-34-37-59-62(41-46)69-61-31-17-30-48(64(59)61)43-18-5-3-6-19-43)68-66(45-20-7-4-8-21-45)67-39-38-47(42)55-35-32-44-33-36-58-53-26-12-11-24-51(53)49-22-9-10-23-50(49)52-25-14-16-29-57(52)65(58)63(44)56-28-15-13-27-54(55)56/h3-31,33-34,36-37,41,55H,2,32,35,38-40H2,1H3/b47-42+,51-49?,52-50?,58-53?,65-57?,67-66-,68-60+. The van der Waals surface area contributed by atoms with Crippen molar-refractivity contribution in [1.29, 1.82) is 0 Å². The first kappa shape index (κ1) is 41.5. The summed E-state index contributed by atoms with van der Waals surface area (Å²) in [5, 5.41) is 2.62. The van der Waals surface area contributed by atoms with Crippen LogP contribution in [0.4, 0.5) is 0 Å². The Labute approximate surface area is 408 Å². The van der Waals surface area contributed by atoms with Crippen molar-refractivity contribution in [3.8, 4) is 66.8 Å². The second-order valence-electron chi connectivity index (χ2n) is 18.7. The number of nitrogens with zero attached hydrogens (tertiary/aromatic N) is 2. The fourth-order valence-electron chi connectivity index (χ4n) is 11.9. The van der Waals surface area contributed by atoms with Crippen LogP contribution in [0.5, 0.6) is 0 Å². The van der Waals surface area contributed by atoms with Crippen LogP contribution in [0.25, 0.3) is 86.9 Å². The number of thiophene rings is 1. The molecule has 0 bridgehead atoms. The van der Waals surface area contributed by atoms with Crippen molar-refractivity contribution < 1.29 is 0 Å². The molecule has 2 heterocycles. The minimum Gasteiger partial charge on any atom is -0.266 e. The van der Waals surface area contributed by atoms with Crippen LogP contribution in [0.15, 0.2) is 227 Å². The van der Waals surface area contributed by atoms with Gasteiger partial charge in [0, 0.05) is 44.6 Å². The number of fused-ring (bicyclic) bond motifs is 15. The zero-order valence-corrected chi connectivity index (χ0v) is 39.6. The van der Waals surface area contributed by atoms with Gasteiger partial charge in [0.05, 0.1) is 5.71 Å². The maximum atomic E-state index is 5.59. The minimum atomic E-state index is 0.229. The SMILES string of the molecule is CC/C1=C(\C2CCc3ccc4c(c3-c3ccccc32)-c2ccccc2-c2ccccc2-c2ccccc2-4)CC/N=C(c2ccccc2)\N=C(\c2ccc3c(c2)sc2cccc(-c4ccccc4)c23)C1. The molecular weight excluding hydrogens is 853 g/mol. The Hall–Kier alpha value is -7.72. The molecule has 0 N–H and O–H groups in total. The minimum absolute atomic E-state index is 0.229. The zero-order valence-electron chi connectivity index (χ0n) is 38.8. The lowest BCUT2D eigenvalue weighted by Crippen LogP contribution is -2.11. The third-order valence-electron chi connectivity index (χ3n) is 15.0. The van der Waals surface area contributed by atoms with E-state index in [2.05, 4.69) is 213 Å². The molecule has 2 nitrogen and oxygen atoms in total. The highest BCUT2D eigenvalue weighted by Crippen LogP contribution is 2.54. The second kappa shape index (κ2) is 17.4. The highest BCUT2D eigenvalue weighted by Gasteiger charge is 2.32. The van der Waals surface area contributed by atoms with Crippen LogP contribution in [0, 0.1) is 0 Å². The van der Waals surface area contributed by atoms with Crippen LogP contribution in [-0.2, 0) is 6.42 Å². The second-order valence-corrected chi connectivity index (χ2v) is 19.8. The molecule has 0 spiro atoms. The molecule has 1 atom stereocenters. The van der Waals surface area contributed by atoms with E-state index in [0.717, 1.165) is 49.2 Å². The van der Waals surface area contributed by atoms with E-state index in [1.807, 2.05) is 11.3 Å². The highest BCUT2D eigenvalue weighted by atomic mass is 32.1. The van der Waals surface area contributed by atoms with Gasteiger partial charge in [0.1, 0.15) is 0 Å². The van der Waals surface area contributed by atoms with Gasteiger partial charge in [0.15, 0.2) is 5.84 Å². The fourth-order valence-corrected chi connectivity index (χ4v) is 13.0. The van der Waals surface area contributed by atoms with Crippen molar-refractivity contribution >= 4 is 43.1 Å². The van der Waals surface area contributed by atoms with Gasteiger partial charge in [0.2, 0.25) is 0 Å². The zero-order chi connectivity index (χ0) is 45.8. The number of benzene rings is 9. The summed E-state index contributed by atoms with van der Waals surface area (Å²) in [6.07, 6.45) is 4.62. The van der Waals surface area contributed by atoms with Gasteiger partial charge in [-0.3, -0.25) is 4.99 Å². The predicted octanol–water partition coefficient (Wildman–Crippen LogP) is 17.8. The normalized spacial score (nSPS) is 17.9. The van der Waals surface area contributed by atoms with Crippen LogP contribution in [0.3, 0.4) is 0 Å². The van der Waals surface area contributed by atoms with Crippen LogP contribution in [0.2, 0.25) is 0 Å². The highest BCUT2D eigenvalue weighted by molar-refractivity contribution is 7.26. The molecule has 1 aliphatic heterocycles. The molecule has 0 saturated carbocycles. The first-order chi connectivity index (χ1) is 34.2. The van der Waals surface area contributed by atoms with Crippen molar-refractivity contribution in [3.05, 3.63) is 240 Å². The van der Waals surface area contributed by atoms with E-state index in [-0.39, 0.29) is 5.92 Å². The molecule has 13 rings (SSSR count). The maximum Gasteiger partial charge on any atom is 0.154 e. The Morgan fingerprint density at radius 3 is 1.80 bits per heavy atom. The Morgan fingerprint density at radius 1 is 0.478 bits per heavy atom. The summed E-state index contributed by atoms with van der Waals surface area (Å²) >= 11 is 1.88. The summed E-state index contributed by atoms with van der Waals surface area (Å²) in [5.74, 6) is 1.05. The number of aliphatic imine (C=N–C) groups is 2. The lowest BCUT2D eigenvalue weighted by Gasteiger charge is -2.27. The molecule has 2 aliphatic carbocycles. The fraction of sp³-hybridized carbons (Fsp3) is 0.121. The topological polar surface area (TPSA) is 24.7 Å². The number of amidine groups is 1. The summed E-state index contributed by atoms with van der Waals surface area (Å²) in [5.41, 5.74) is 24.8. The molecule has 0 fully saturated rings. The Morgan fingerprint density at radius 2 is 1.09 bits per heavy atom. The van der Waals surface area contributed by atoms with Crippen molar-refractivity contribution in [1.82, 2.24) is 0 Å². The van der Waals surface area contributed by atoms with Gasteiger partial charge in [-0.2, -0.15) is 0 Å². The number of aryl methyl sites for hydroxylation is 1. The molecule has 1 unspecified atom stereocenters. The van der Waals surface area contributed by atoms with E-state index in [9.17, 15) is 0 Å². The third kappa shape index (κ3) is 7.14. The Kier molecular flexibility index (Phi) is 10.5. The molecule has 10 aromatic rings. The first-order valence-corrected chi connectivity index (χ1v) is 25.4. The van der Waals surface area contributed by atoms with Gasteiger partial charge in [-0.1, -0.05) is 212 Å². The van der Waals surface area contributed by atoms with Gasteiger partial charge < -0.3 is 0 Å². The molecule has 0 radical (unpaired) electrons. The van der Waals surface area contributed by atoms with Crippen molar-refractivity contribution in [2.24, 2.45) is 9.98 Å². The molecular formula is C66H50N2S. The van der Waals surface area contributed by atoms with Crippen molar-refractivity contribution in [2.75, 3.05) is 6.54 Å². The lowest BCUT2D eigenvalue weighted by molar-refractivity contribution is 0.666. The van der Waals surface area contributed by atoms with E-state index in [0.29, 0.717) is 6.54 Å². The van der Waals surface area contributed by atoms with Gasteiger partial charge in [-0.15, -0.1) is 11.3 Å². The van der Waals surface area contributed by atoms with Gasteiger partial charge in [-0.25, -0.2) is 4.99 Å². The average Bonchev–Trinajstić information content (AvgIpc) is 3.75. The van der Waals surface area contributed by atoms with Crippen LogP contribution < -0.4 is 0 Å². The molecule has 0 amide bonds. The molecule has 3 aliphatic rings. The first-order valence-electron chi connectivity index (χ1n) is 24.6. The quantitative estimate of drug-likeness (QED) is 0.154. The average molecular weight is 903 g/mol. The molecule has 69 heavy (non-hydrogen) atoms. The number of hydrogen-bond donors (Lipinski definition) is 0. The van der Waals surface area contributed by atoms with Crippen LogP contribution in [-0.4, -0.2) is 18.1 Å². The van der Waals surface area contributed by atoms with Crippen LogP contribution in [0.1, 0.15) is 60.8 Å². The van der Waals surface area contributed by atoms with E-state index < -0.39 is 0 Å². The summed E-state index contributed by atoms with van der Waals surface area (Å²) in [4.78, 5) is 11.0. The van der Waals surface area contributed by atoms with E-state index in [1.54, 1.807) is 0 Å². The number of rotatable bonds is 5. The molecule has 3 heteroatoms. The molecule has 9 aromatic carbocycles. The smallest absolute Gasteiger partial charge is 0.154 e. The van der Waals surface area contributed by atoms with Gasteiger partial charge in [-0.05, 0) is 121 Å². The Balaban J connectivity index is 0.971. The van der Waals surface area contributed by atoms with Crippen molar-refractivity contribution in [2.45, 2.75) is 44.9 Å². The summed E-state index contributed by atoms with van der Waals surface area (Å²) in [7, 11) is 0. The van der Waals surface area contributed by atoms with Crippen molar-refractivity contribution in [3.63, 3.8) is 0 Å². The van der Waals surface area contributed by atoms with Crippen LogP contribution >= 0.6 is 11.3 Å². The molecule has 1 aromatic heterocycles. The largest absolute Gasteiger partial charge is 0.266 e. The van der Waals surface area contributed by atoms with E-state index >= 15 is 0 Å².